The Hall–Kier alpha value is -1.93. The molecule has 0 fully saturated rings. The monoisotopic (exact) mass is 349 g/mol. The molecule has 2 aromatic rings. The van der Waals surface area contributed by atoms with Crippen LogP contribution in [-0.2, 0) is 6.42 Å². The first kappa shape index (κ1) is 19.1. The Balaban J connectivity index is 0.00000264. The van der Waals surface area contributed by atoms with Gasteiger partial charge in [-0.15, -0.1) is 12.4 Å². The van der Waals surface area contributed by atoms with Crippen molar-refractivity contribution in [2.75, 3.05) is 14.2 Å². The third-order valence-electron chi connectivity index (χ3n) is 3.08. The summed E-state index contributed by atoms with van der Waals surface area (Å²) in [5.74, 6) is 0.884. The molecule has 1 aromatic carbocycles. The zero-order valence-electron chi connectivity index (χ0n) is 12.9. The summed E-state index contributed by atoms with van der Waals surface area (Å²) in [6.07, 6.45) is 0.594. The van der Waals surface area contributed by atoms with Crippen LogP contribution in [-0.4, -0.2) is 37.0 Å². The predicted octanol–water partition coefficient (Wildman–Crippen LogP) is 2.92. The Bertz CT molecular complexity index is 625. The molecule has 1 aromatic heterocycles. The van der Waals surface area contributed by atoms with Gasteiger partial charge >= 0.3 is 6.61 Å². The van der Waals surface area contributed by atoms with Gasteiger partial charge in [0.05, 0.1) is 7.11 Å². The van der Waals surface area contributed by atoms with E-state index < -0.39 is 6.61 Å². The van der Waals surface area contributed by atoms with Crippen molar-refractivity contribution in [1.29, 1.82) is 0 Å². The van der Waals surface area contributed by atoms with Gasteiger partial charge in [-0.3, -0.25) is 0 Å². The number of halogens is 3. The zero-order chi connectivity index (χ0) is 16.1. The maximum atomic E-state index is 12.4. The van der Waals surface area contributed by atoms with Crippen LogP contribution in [0.4, 0.5) is 8.78 Å². The van der Waals surface area contributed by atoms with Crippen LogP contribution in [0.25, 0.3) is 11.5 Å². The molecule has 1 unspecified atom stereocenters. The second kappa shape index (κ2) is 8.64. The lowest BCUT2D eigenvalue weighted by Gasteiger charge is -2.10. The molecule has 1 N–H and O–H groups in total. The lowest BCUT2D eigenvalue weighted by atomic mass is 10.2. The molecule has 0 aliphatic carbocycles. The normalized spacial score (nSPS) is 11.9. The molecule has 0 bridgehead atoms. The van der Waals surface area contributed by atoms with E-state index >= 15 is 0 Å². The number of likely N-dealkylation sites (N-methyl/N-ethyl adjacent to an activating group) is 1. The summed E-state index contributed by atoms with van der Waals surface area (Å²) < 4.78 is 39.4. The molecule has 0 radical (unpaired) electrons. The van der Waals surface area contributed by atoms with Gasteiger partial charge in [0, 0.05) is 18.0 Å². The Morgan fingerprint density at radius 3 is 2.65 bits per heavy atom. The molecule has 0 spiro atoms. The quantitative estimate of drug-likeness (QED) is 0.829. The van der Waals surface area contributed by atoms with Crippen molar-refractivity contribution >= 4 is 12.4 Å². The average molecular weight is 350 g/mol. The first-order chi connectivity index (χ1) is 10.5. The highest BCUT2D eigenvalue weighted by Crippen LogP contribution is 2.33. The van der Waals surface area contributed by atoms with Crippen LogP contribution in [0.3, 0.4) is 0 Å². The highest BCUT2D eigenvalue weighted by Gasteiger charge is 2.16. The Morgan fingerprint density at radius 1 is 1.30 bits per heavy atom. The Labute approximate surface area is 138 Å². The van der Waals surface area contributed by atoms with Gasteiger partial charge in [0.15, 0.2) is 17.3 Å². The fourth-order valence-corrected chi connectivity index (χ4v) is 1.83. The van der Waals surface area contributed by atoms with Crippen LogP contribution in [0.5, 0.6) is 11.5 Å². The second-order valence-electron chi connectivity index (χ2n) is 4.65. The van der Waals surface area contributed by atoms with E-state index in [4.69, 9.17) is 9.26 Å². The predicted molar refractivity (Wildman–Crippen MR) is 82.4 cm³/mol. The van der Waals surface area contributed by atoms with E-state index in [1.807, 2.05) is 14.0 Å². The zero-order valence-corrected chi connectivity index (χ0v) is 13.7. The molecule has 0 aliphatic heterocycles. The number of alkyl halides is 2. The number of aromatic nitrogens is 2. The van der Waals surface area contributed by atoms with E-state index in [-0.39, 0.29) is 35.8 Å². The van der Waals surface area contributed by atoms with Crippen molar-refractivity contribution in [2.24, 2.45) is 0 Å². The molecule has 1 heterocycles. The van der Waals surface area contributed by atoms with Crippen LogP contribution < -0.4 is 14.8 Å². The van der Waals surface area contributed by atoms with Gasteiger partial charge in [-0.05, 0) is 32.2 Å². The molecule has 6 nitrogen and oxygen atoms in total. The summed E-state index contributed by atoms with van der Waals surface area (Å²) in [5.41, 5.74) is 0.479. The number of ether oxygens (including phenoxy) is 2. The van der Waals surface area contributed by atoms with Crippen LogP contribution in [0.2, 0.25) is 0 Å². The molecule has 9 heteroatoms. The maximum Gasteiger partial charge on any atom is 0.387 e. The third-order valence-corrected chi connectivity index (χ3v) is 3.08. The Kier molecular flexibility index (Phi) is 7.18. The van der Waals surface area contributed by atoms with Crippen molar-refractivity contribution in [3.63, 3.8) is 0 Å². The summed E-state index contributed by atoms with van der Waals surface area (Å²) in [4.78, 5) is 4.24. The molecular weight excluding hydrogens is 332 g/mol. The third kappa shape index (κ3) is 5.04. The lowest BCUT2D eigenvalue weighted by Crippen LogP contribution is -2.24. The fraction of sp³-hybridized carbons (Fsp3) is 0.429. The van der Waals surface area contributed by atoms with Gasteiger partial charge in [0.25, 0.3) is 5.89 Å². The highest BCUT2D eigenvalue weighted by atomic mass is 35.5. The smallest absolute Gasteiger partial charge is 0.387 e. The number of hydrogen-bond donors (Lipinski definition) is 1. The molecule has 23 heavy (non-hydrogen) atoms. The fourth-order valence-electron chi connectivity index (χ4n) is 1.83. The van der Waals surface area contributed by atoms with Crippen LogP contribution in [0, 0.1) is 0 Å². The van der Waals surface area contributed by atoms with Gasteiger partial charge in [-0.1, -0.05) is 5.16 Å². The van der Waals surface area contributed by atoms with E-state index in [9.17, 15) is 8.78 Å². The van der Waals surface area contributed by atoms with Crippen molar-refractivity contribution in [3.05, 3.63) is 24.0 Å². The number of nitrogens with zero attached hydrogens (tertiary/aromatic N) is 2. The molecule has 2 rings (SSSR count). The first-order valence-corrected chi connectivity index (χ1v) is 6.66. The standard InChI is InChI=1S/C14H17F2N3O3.ClH/c1-8(17-2)6-12-18-13(22-19-12)9-4-5-10(20-3)11(7-9)21-14(15)16;/h4-5,7-8,14,17H,6H2,1-3H3;1H. The number of hydrogen-bond acceptors (Lipinski definition) is 6. The van der Waals surface area contributed by atoms with E-state index in [0.717, 1.165) is 0 Å². The molecule has 1 atom stereocenters. The first-order valence-electron chi connectivity index (χ1n) is 6.66. The van der Waals surface area contributed by atoms with Crippen molar-refractivity contribution in [1.82, 2.24) is 15.5 Å². The molecule has 0 aliphatic rings. The van der Waals surface area contributed by atoms with Crippen molar-refractivity contribution in [3.8, 4) is 23.0 Å². The van der Waals surface area contributed by atoms with E-state index in [2.05, 4.69) is 20.2 Å². The number of rotatable bonds is 7. The average Bonchev–Trinajstić information content (AvgIpc) is 2.95. The van der Waals surface area contributed by atoms with Crippen LogP contribution >= 0.6 is 12.4 Å². The number of methoxy groups -OCH3 is 1. The SMILES string of the molecule is CNC(C)Cc1noc(-c2ccc(OC)c(OC(F)F)c2)n1.Cl. The topological polar surface area (TPSA) is 69.4 Å². The summed E-state index contributed by atoms with van der Waals surface area (Å²) in [6, 6.07) is 4.71. The summed E-state index contributed by atoms with van der Waals surface area (Å²) >= 11 is 0. The van der Waals surface area contributed by atoms with E-state index in [1.54, 1.807) is 6.07 Å². The molecule has 0 saturated carbocycles. The second-order valence-corrected chi connectivity index (χ2v) is 4.65. The lowest BCUT2D eigenvalue weighted by molar-refractivity contribution is -0.0511. The highest BCUT2D eigenvalue weighted by molar-refractivity contribution is 5.85. The van der Waals surface area contributed by atoms with Gasteiger partial charge in [-0.25, -0.2) is 0 Å². The van der Waals surface area contributed by atoms with E-state index in [0.29, 0.717) is 17.8 Å². The summed E-state index contributed by atoms with van der Waals surface area (Å²) in [6.45, 7) is -0.961. The van der Waals surface area contributed by atoms with Crippen LogP contribution in [0.1, 0.15) is 12.7 Å². The minimum atomic E-state index is -2.95. The van der Waals surface area contributed by atoms with E-state index in [1.165, 1.54) is 19.2 Å². The van der Waals surface area contributed by atoms with Gasteiger partial charge < -0.3 is 19.3 Å². The molecule has 0 amide bonds. The van der Waals surface area contributed by atoms with Gasteiger partial charge in [0.2, 0.25) is 0 Å². The molecule has 128 valence electrons. The minimum Gasteiger partial charge on any atom is -0.493 e. The number of nitrogens with one attached hydrogen (secondary N) is 1. The molecular formula is C14H18ClF2N3O3. The van der Waals surface area contributed by atoms with Crippen molar-refractivity contribution < 1.29 is 22.8 Å². The minimum absolute atomic E-state index is 0. The molecule has 0 saturated heterocycles. The van der Waals surface area contributed by atoms with Crippen LogP contribution in [0.15, 0.2) is 22.7 Å². The van der Waals surface area contributed by atoms with Gasteiger partial charge in [-0.2, -0.15) is 13.8 Å². The summed E-state index contributed by atoms with van der Waals surface area (Å²) in [7, 11) is 3.21. The summed E-state index contributed by atoms with van der Waals surface area (Å²) in [5, 5.41) is 6.93. The largest absolute Gasteiger partial charge is 0.493 e. The van der Waals surface area contributed by atoms with Crippen molar-refractivity contribution in [2.45, 2.75) is 26.0 Å². The Morgan fingerprint density at radius 2 is 2.04 bits per heavy atom. The number of benzene rings is 1. The van der Waals surface area contributed by atoms with Gasteiger partial charge in [0.1, 0.15) is 0 Å². The maximum absolute atomic E-state index is 12.4.